The molecule has 0 radical (unpaired) electrons. The van der Waals surface area contributed by atoms with Crippen molar-refractivity contribution in [2.45, 2.75) is 39.3 Å². The highest BCUT2D eigenvalue weighted by Gasteiger charge is 2.15. The minimum Gasteiger partial charge on any atom is -0.379 e. The third-order valence-electron chi connectivity index (χ3n) is 5.03. The maximum atomic E-state index is 12.5. The lowest BCUT2D eigenvalue weighted by Crippen LogP contribution is -2.35. The number of carbonyl (C=O) groups excluding carboxylic acids is 1. The Morgan fingerprint density at radius 2 is 1.93 bits per heavy atom. The van der Waals surface area contributed by atoms with Gasteiger partial charge < -0.3 is 9.64 Å². The minimum absolute atomic E-state index is 0.0207. The third-order valence-corrected chi connectivity index (χ3v) is 5.91. The molecule has 6 heteroatoms. The molecular weight excluding hydrogens is 382 g/mol. The summed E-state index contributed by atoms with van der Waals surface area (Å²) in [5, 5.41) is 3.14. The Labute approximate surface area is 178 Å². The van der Waals surface area contributed by atoms with Crippen LogP contribution in [0.1, 0.15) is 42.6 Å². The second kappa shape index (κ2) is 9.65. The molecule has 1 amide bonds. The maximum absolute atomic E-state index is 12.5. The van der Waals surface area contributed by atoms with Crippen molar-refractivity contribution in [3.63, 3.8) is 0 Å². The molecular formula is C23H31N3O2S. The van der Waals surface area contributed by atoms with Crippen molar-refractivity contribution < 1.29 is 9.53 Å². The minimum atomic E-state index is -0.0207. The van der Waals surface area contributed by atoms with E-state index in [2.05, 4.69) is 55.3 Å². The van der Waals surface area contributed by atoms with Gasteiger partial charge in [0, 0.05) is 31.6 Å². The van der Waals surface area contributed by atoms with Crippen LogP contribution in [0.2, 0.25) is 0 Å². The van der Waals surface area contributed by atoms with Gasteiger partial charge in [-0.15, -0.1) is 11.3 Å². The van der Waals surface area contributed by atoms with E-state index in [1.807, 2.05) is 13.1 Å². The molecule has 1 aliphatic heterocycles. The quantitative estimate of drug-likeness (QED) is 0.673. The second-order valence-electron chi connectivity index (χ2n) is 8.52. The number of likely N-dealkylation sites (N-methyl/N-ethyl adjacent to an activating group) is 1. The summed E-state index contributed by atoms with van der Waals surface area (Å²) in [6.07, 6.45) is 3.50. The number of benzene rings is 1. The van der Waals surface area contributed by atoms with Crippen LogP contribution in [0.25, 0.3) is 6.08 Å². The summed E-state index contributed by atoms with van der Waals surface area (Å²) in [6.45, 7) is 11.5. The van der Waals surface area contributed by atoms with Crippen molar-refractivity contribution in [3.8, 4) is 0 Å². The number of ether oxygens (including phenoxy) is 1. The standard InChI is InChI=1S/C23H31N3O2S/c1-23(2,3)19-8-5-18(6-9-19)7-10-22(27)25(4)15-20-17-29-21(24-20)16-26-11-13-28-14-12-26/h5-10,17H,11-16H2,1-4H3/b10-7+. The summed E-state index contributed by atoms with van der Waals surface area (Å²) < 4.78 is 5.39. The molecule has 2 heterocycles. The molecule has 2 aromatic rings. The van der Waals surface area contributed by atoms with Gasteiger partial charge in [0.05, 0.1) is 32.0 Å². The molecule has 0 saturated carbocycles. The van der Waals surface area contributed by atoms with Crippen molar-refractivity contribution in [2.24, 2.45) is 0 Å². The number of hydrogen-bond acceptors (Lipinski definition) is 5. The first-order valence-corrected chi connectivity index (χ1v) is 11.0. The number of morpholine rings is 1. The summed E-state index contributed by atoms with van der Waals surface area (Å²) in [7, 11) is 1.82. The van der Waals surface area contributed by atoms with Gasteiger partial charge in [-0.2, -0.15) is 0 Å². The SMILES string of the molecule is CN(Cc1csc(CN2CCOCC2)n1)C(=O)/C=C/c1ccc(C(C)(C)C)cc1. The van der Waals surface area contributed by atoms with E-state index < -0.39 is 0 Å². The zero-order valence-corrected chi connectivity index (χ0v) is 18.7. The number of rotatable bonds is 6. The van der Waals surface area contributed by atoms with E-state index in [0.29, 0.717) is 6.54 Å². The summed E-state index contributed by atoms with van der Waals surface area (Å²) in [5.41, 5.74) is 3.39. The van der Waals surface area contributed by atoms with Crippen LogP contribution < -0.4 is 0 Å². The Bertz CT molecular complexity index is 831. The highest BCUT2D eigenvalue weighted by molar-refractivity contribution is 7.09. The number of thiazole rings is 1. The Morgan fingerprint density at radius 3 is 2.59 bits per heavy atom. The zero-order valence-electron chi connectivity index (χ0n) is 17.9. The molecule has 0 atom stereocenters. The number of nitrogens with zero attached hydrogens (tertiary/aromatic N) is 3. The van der Waals surface area contributed by atoms with E-state index in [-0.39, 0.29) is 11.3 Å². The Balaban J connectivity index is 1.51. The lowest BCUT2D eigenvalue weighted by Gasteiger charge is -2.25. The Hall–Kier alpha value is -2.02. The molecule has 1 aromatic heterocycles. The van der Waals surface area contributed by atoms with E-state index in [0.717, 1.165) is 49.1 Å². The molecule has 5 nitrogen and oxygen atoms in total. The van der Waals surface area contributed by atoms with Crippen molar-refractivity contribution in [2.75, 3.05) is 33.4 Å². The molecule has 1 fully saturated rings. The van der Waals surface area contributed by atoms with Crippen LogP contribution >= 0.6 is 11.3 Å². The fourth-order valence-electron chi connectivity index (χ4n) is 3.15. The lowest BCUT2D eigenvalue weighted by molar-refractivity contribution is -0.125. The average molecular weight is 414 g/mol. The summed E-state index contributed by atoms with van der Waals surface area (Å²) in [4.78, 5) is 21.2. The fourth-order valence-corrected chi connectivity index (χ4v) is 3.98. The van der Waals surface area contributed by atoms with E-state index in [1.54, 1.807) is 22.3 Å². The van der Waals surface area contributed by atoms with Gasteiger partial charge in [0.1, 0.15) is 5.01 Å². The number of aromatic nitrogens is 1. The molecule has 3 rings (SSSR count). The van der Waals surface area contributed by atoms with Gasteiger partial charge in [0.25, 0.3) is 0 Å². The van der Waals surface area contributed by atoms with Gasteiger partial charge in [-0.3, -0.25) is 9.69 Å². The van der Waals surface area contributed by atoms with Crippen molar-refractivity contribution in [3.05, 3.63) is 57.6 Å². The van der Waals surface area contributed by atoms with Crippen LogP contribution in [-0.4, -0.2) is 54.0 Å². The van der Waals surface area contributed by atoms with Gasteiger partial charge in [-0.05, 0) is 22.6 Å². The molecule has 1 aliphatic rings. The van der Waals surface area contributed by atoms with E-state index in [4.69, 9.17) is 9.72 Å². The summed E-state index contributed by atoms with van der Waals surface area (Å²) in [6, 6.07) is 8.36. The monoisotopic (exact) mass is 413 g/mol. The molecule has 29 heavy (non-hydrogen) atoms. The molecule has 1 aromatic carbocycles. The predicted octanol–water partition coefficient (Wildman–Crippen LogP) is 3.94. The van der Waals surface area contributed by atoms with Crippen molar-refractivity contribution in [1.82, 2.24) is 14.8 Å². The van der Waals surface area contributed by atoms with E-state index >= 15 is 0 Å². The molecule has 0 N–H and O–H groups in total. The second-order valence-corrected chi connectivity index (χ2v) is 9.46. The smallest absolute Gasteiger partial charge is 0.246 e. The van der Waals surface area contributed by atoms with Gasteiger partial charge in [0.2, 0.25) is 5.91 Å². The first-order valence-electron chi connectivity index (χ1n) is 10.1. The topological polar surface area (TPSA) is 45.7 Å². The highest BCUT2D eigenvalue weighted by Crippen LogP contribution is 2.22. The van der Waals surface area contributed by atoms with Crippen LogP contribution in [0, 0.1) is 0 Å². The van der Waals surface area contributed by atoms with Crippen LogP contribution in [-0.2, 0) is 28.0 Å². The number of amides is 1. The zero-order chi connectivity index (χ0) is 20.9. The number of carbonyl (C=O) groups is 1. The highest BCUT2D eigenvalue weighted by atomic mass is 32.1. The van der Waals surface area contributed by atoms with Gasteiger partial charge in [0.15, 0.2) is 0 Å². The first kappa shape index (κ1) is 21.7. The third kappa shape index (κ3) is 6.49. The molecule has 0 aliphatic carbocycles. The largest absolute Gasteiger partial charge is 0.379 e. The van der Waals surface area contributed by atoms with Gasteiger partial charge >= 0.3 is 0 Å². The van der Waals surface area contributed by atoms with E-state index in [1.165, 1.54) is 5.56 Å². The molecule has 1 saturated heterocycles. The van der Waals surface area contributed by atoms with Crippen LogP contribution in [0.4, 0.5) is 0 Å². The van der Waals surface area contributed by atoms with Gasteiger partial charge in [-0.25, -0.2) is 4.98 Å². The van der Waals surface area contributed by atoms with Crippen LogP contribution in [0.5, 0.6) is 0 Å². The molecule has 0 unspecified atom stereocenters. The summed E-state index contributed by atoms with van der Waals surface area (Å²) in [5.74, 6) is -0.0207. The molecule has 156 valence electrons. The van der Waals surface area contributed by atoms with Gasteiger partial charge in [-0.1, -0.05) is 45.0 Å². The average Bonchev–Trinajstić information content (AvgIpc) is 3.13. The lowest BCUT2D eigenvalue weighted by atomic mass is 9.87. The fraction of sp³-hybridized carbons (Fsp3) is 0.478. The number of hydrogen-bond donors (Lipinski definition) is 0. The van der Waals surface area contributed by atoms with Crippen LogP contribution in [0.15, 0.2) is 35.7 Å². The Morgan fingerprint density at radius 1 is 1.24 bits per heavy atom. The predicted molar refractivity (Wildman–Crippen MR) is 119 cm³/mol. The first-order chi connectivity index (χ1) is 13.8. The van der Waals surface area contributed by atoms with Crippen molar-refractivity contribution in [1.29, 1.82) is 0 Å². The normalized spacial score (nSPS) is 15.7. The Kier molecular flexibility index (Phi) is 7.22. The molecule has 0 bridgehead atoms. The van der Waals surface area contributed by atoms with E-state index in [9.17, 15) is 4.79 Å². The van der Waals surface area contributed by atoms with Crippen LogP contribution in [0.3, 0.4) is 0 Å². The summed E-state index contributed by atoms with van der Waals surface area (Å²) >= 11 is 1.66. The molecule has 0 spiro atoms. The van der Waals surface area contributed by atoms with Crippen molar-refractivity contribution >= 4 is 23.3 Å². The maximum Gasteiger partial charge on any atom is 0.246 e.